The summed E-state index contributed by atoms with van der Waals surface area (Å²) in [5, 5.41) is 4.89. The van der Waals surface area contributed by atoms with Crippen molar-refractivity contribution < 1.29 is 0 Å². The van der Waals surface area contributed by atoms with Crippen molar-refractivity contribution in [2.45, 2.75) is 32.6 Å². The lowest BCUT2D eigenvalue weighted by atomic mass is 9.89. The van der Waals surface area contributed by atoms with Gasteiger partial charge in [0.05, 0.1) is 5.52 Å². The third-order valence-electron chi connectivity index (χ3n) is 5.00. The second-order valence-electron chi connectivity index (χ2n) is 6.76. The first kappa shape index (κ1) is 14.4. The zero-order valence-corrected chi connectivity index (χ0v) is 14.5. The van der Waals surface area contributed by atoms with Gasteiger partial charge >= 0.3 is 0 Å². The van der Waals surface area contributed by atoms with E-state index in [1.165, 1.54) is 41.3 Å². The maximum absolute atomic E-state index is 4.62. The summed E-state index contributed by atoms with van der Waals surface area (Å²) in [7, 11) is 0. The summed E-state index contributed by atoms with van der Waals surface area (Å²) in [4.78, 5) is 4.62. The highest BCUT2D eigenvalue weighted by Gasteiger charge is 2.41. The van der Waals surface area contributed by atoms with Crippen molar-refractivity contribution in [3.05, 3.63) is 46.1 Å². The Bertz CT molecular complexity index is 759. The lowest BCUT2D eigenvalue weighted by Crippen LogP contribution is -2.25. The van der Waals surface area contributed by atoms with Gasteiger partial charge in [-0.3, -0.25) is 4.98 Å². The molecule has 1 aliphatic heterocycles. The molecule has 114 valence electrons. The quantitative estimate of drug-likeness (QED) is 0.789. The van der Waals surface area contributed by atoms with Gasteiger partial charge in [-0.15, -0.1) is 0 Å². The van der Waals surface area contributed by atoms with Gasteiger partial charge in [-0.1, -0.05) is 28.1 Å². The topological polar surface area (TPSA) is 24.9 Å². The summed E-state index contributed by atoms with van der Waals surface area (Å²) in [5.74, 6) is 0. The van der Waals surface area contributed by atoms with Crippen molar-refractivity contribution in [3.63, 3.8) is 0 Å². The lowest BCUT2D eigenvalue weighted by Gasteiger charge is -2.21. The van der Waals surface area contributed by atoms with Gasteiger partial charge in [0.1, 0.15) is 0 Å². The molecule has 1 saturated carbocycles. The fourth-order valence-corrected chi connectivity index (χ4v) is 4.18. The van der Waals surface area contributed by atoms with E-state index in [1.807, 2.05) is 6.20 Å². The van der Waals surface area contributed by atoms with E-state index >= 15 is 0 Å². The Kier molecular flexibility index (Phi) is 3.58. The predicted octanol–water partition coefficient (Wildman–Crippen LogP) is 4.85. The highest BCUT2D eigenvalue weighted by Crippen LogP contribution is 2.50. The van der Waals surface area contributed by atoms with Gasteiger partial charge < -0.3 is 5.32 Å². The number of aryl methyl sites for hydroxylation is 1. The minimum absolute atomic E-state index is 0.416. The van der Waals surface area contributed by atoms with Crippen molar-refractivity contribution in [3.8, 4) is 0 Å². The molecule has 2 nitrogen and oxygen atoms in total. The van der Waals surface area contributed by atoms with Crippen LogP contribution in [0.2, 0.25) is 0 Å². The Morgan fingerprint density at radius 3 is 2.95 bits per heavy atom. The fourth-order valence-electron chi connectivity index (χ4n) is 3.62. The van der Waals surface area contributed by atoms with Gasteiger partial charge in [0, 0.05) is 28.0 Å². The largest absolute Gasteiger partial charge is 0.316 e. The van der Waals surface area contributed by atoms with Crippen LogP contribution in [0, 0.1) is 12.3 Å². The number of pyridine rings is 1. The second kappa shape index (κ2) is 5.47. The van der Waals surface area contributed by atoms with Crippen LogP contribution in [0.1, 0.15) is 36.8 Å². The molecule has 4 rings (SSSR count). The van der Waals surface area contributed by atoms with Crippen molar-refractivity contribution in [1.29, 1.82) is 0 Å². The van der Waals surface area contributed by atoms with Crippen LogP contribution in [0.4, 0.5) is 0 Å². The molecule has 0 radical (unpaired) electrons. The lowest BCUT2D eigenvalue weighted by molar-refractivity contribution is 0.530. The van der Waals surface area contributed by atoms with E-state index in [1.54, 1.807) is 0 Å². The standard InChI is InChI=1S/C19H21BrN2/c1-13-11-22-16-6-2-5-15(20)18(16)17(13)14-4-3-9-21-12-19(10-14)7-8-19/h2,5-6,10-11,21H,3-4,7-9,12H2,1H3/b14-10-. The van der Waals surface area contributed by atoms with E-state index in [0.717, 1.165) is 29.5 Å². The molecule has 1 fully saturated rings. The normalized spacial score (nSPS) is 22.9. The molecule has 0 atom stereocenters. The van der Waals surface area contributed by atoms with Crippen molar-refractivity contribution in [2.24, 2.45) is 5.41 Å². The van der Waals surface area contributed by atoms with Crippen molar-refractivity contribution >= 4 is 32.4 Å². The van der Waals surface area contributed by atoms with Gasteiger partial charge in [-0.2, -0.15) is 0 Å². The Hall–Kier alpha value is -1.19. The van der Waals surface area contributed by atoms with Crippen LogP contribution in [-0.2, 0) is 0 Å². The molecule has 0 bridgehead atoms. The third kappa shape index (κ3) is 2.50. The summed E-state index contributed by atoms with van der Waals surface area (Å²) in [6, 6.07) is 6.31. The molecule has 2 heterocycles. The molecule has 2 aliphatic rings. The molecule has 0 unspecified atom stereocenters. The molecule has 2 aromatic rings. The first-order chi connectivity index (χ1) is 10.7. The monoisotopic (exact) mass is 356 g/mol. The minimum Gasteiger partial charge on any atom is -0.316 e. The number of halogens is 1. The Labute approximate surface area is 140 Å². The number of benzene rings is 1. The minimum atomic E-state index is 0.416. The predicted molar refractivity (Wildman–Crippen MR) is 95.9 cm³/mol. The molecular formula is C19H21BrN2. The van der Waals surface area contributed by atoms with Gasteiger partial charge in [-0.05, 0) is 68.0 Å². The molecular weight excluding hydrogens is 336 g/mol. The van der Waals surface area contributed by atoms with Crippen molar-refractivity contribution in [2.75, 3.05) is 13.1 Å². The van der Waals surface area contributed by atoms with Crippen LogP contribution in [0.25, 0.3) is 16.5 Å². The van der Waals surface area contributed by atoms with Crippen molar-refractivity contribution in [1.82, 2.24) is 10.3 Å². The average molecular weight is 357 g/mol. The maximum atomic E-state index is 4.62. The summed E-state index contributed by atoms with van der Waals surface area (Å²) in [5.41, 5.74) is 5.72. The van der Waals surface area contributed by atoms with Gasteiger partial charge in [0.25, 0.3) is 0 Å². The number of rotatable bonds is 1. The van der Waals surface area contributed by atoms with Crippen LogP contribution >= 0.6 is 15.9 Å². The summed E-state index contributed by atoms with van der Waals surface area (Å²) in [6.45, 7) is 4.46. The number of nitrogens with zero attached hydrogens (tertiary/aromatic N) is 1. The van der Waals surface area contributed by atoms with Crippen LogP contribution in [0.5, 0.6) is 0 Å². The molecule has 22 heavy (non-hydrogen) atoms. The SMILES string of the molecule is Cc1cnc2cccc(Br)c2c1/C1=C\C2(CC2)CNCCC1. The second-order valence-corrected chi connectivity index (χ2v) is 7.62. The first-order valence-corrected chi connectivity index (χ1v) is 8.95. The van der Waals surface area contributed by atoms with E-state index in [9.17, 15) is 0 Å². The molecule has 3 heteroatoms. The van der Waals surface area contributed by atoms with E-state index in [4.69, 9.17) is 0 Å². The fraction of sp³-hybridized carbons (Fsp3) is 0.421. The Balaban J connectivity index is 1.94. The molecule has 1 aromatic heterocycles. The zero-order valence-electron chi connectivity index (χ0n) is 13.0. The Morgan fingerprint density at radius 2 is 2.14 bits per heavy atom. The molecule has 0 saturated heterocycles. The van der Waals surface area contributed by atoms with E-state index in [2.05, 4.69) is 57.4 Å². The summed E-state index contributed by atoms with van der Waals surface area (Å²) < 4.78 is 1.15. The number of fused-ring (bicyclic) bond motifs is 1. The summed E-state index contributed by atoms with van der Waals surface area (Å²) >= 11 is 3.75. The van der Waals surface area contributed by atoms with Gasteiger partial charge in [0.15, 0.2) is 0 Å². The number of allylic oxidation sites excluding steroid dienone is 1. The molecule has 1 aromatic carbocycles. The molecule has 1 N–H and O–H groups in total. The van der Waals surface area contributed by atoms with Crippen LogP contribution in [0.3, 0.4) is 0 Å². The first-order valence-electron chi connectivity index (χ1n) is 8.15. The average Bonchev–Trinajstić information content (AvgIpc) is 3.25. The molecule has 1 spiro atoms. The molecule has 1 aliphatic carbocycles. The summed E-state index contributed by atoms with van der Waals surface area (Å²) in [6.07, 6.45) is 9.60. The number of hydrogen-bond acceptors (Lipinski definition) is 2. The Morgan fingerprint density at radius 1 is 1.27 bits per heavy atom. The molecule has 0 amide bonds. The van der Waals surface area contributed by atoms with E-state index < -0.39 is 0 Å². The van der Waals surface area contributed by atoms with Gasteiger partial charge in [0.2, 0.25) is 0 Å². The smallest absolute Gasteiger partial charge is 0.0719 e. The maximum Gasteiger partial charge on any atom is 0.0719 e. The zero-order chi connectivity index (χ0) is 15.2. The number of nitrogens with one attached hydrogen (secondary N) is 1. The van der Waals surface area contributed by atoms with Crippen LogP contribution < -0.4 is 5.32 Å². The van der Waals surface area contributed by atoms with Gasteiger partial charge in [-0.25, -0.2) is 0 Å². The number of hydrogen-bond donors (Lipinski definition) is 1. The van der Waals surface area contributed by atoms with Crippen LogP contribution in [0.15, 0.2) is 34.9 Å². The van der Waals surface area contributed by atoms with Crippen LogP contribution in [-0.4, -0.2) is 18.1 Å². The highest BCUT2D eigenvalue weighted by molar-refractivity contribution is 9.10. The number of aromatic nitrogens is 1. The van der Waals surface area contributed by atoms with E-state index in [-0.39, 0.29) is 0 Å². The van der Waals surface area contributed by atoms with E-state index in [0.29, 0.717) is 5.41 Å². The highest BCUT2D eigenvalue weighted by atomic mass is 79.9. The third-order valence-corrected chi connectivity index (χ3v) is 5.66.